The van der Waals surface area contributed by atoms with Crippen LogP contribution in [-0.4, -0.2) is 0 Å². The van der Waals surface area contributed by atoms with Gasteiger partial charge < -0.3 is 0 Å². The maximum absolute atomic E-state index is 8.10. The third-order valence-electron chi connectivity index (χ3n) is 2.52. The summed E-state index contributed by atoms with van der Waals surface area (Å²) in [6, 6.07) is 16.4. The number of hydrogen-bond acceptors (Lipinski definition) is 0. The SMILES string of the molecule is [3H]C1c2ccccc2-c2ccccc21. The highest BCUT2D eigenvalue weighted by Crippen LogP contribution is 2.35. The first-order chi connectivity index (χ1) is 6.88. The minimum atomic E-state index is -0.192. The van der Waals surface area contributed by atoms with E-state index in [1.54, 1.807) is 0 Å². The Morgan fingerprint density at radius 3 is 1.77 bits per heavy atom. The largest absolute Gasteiger partial charge is 0.0619 e. The predicted octanol–water partition coefficient (Wildman–Crippen LogP) is 3.26. The average Bonchev–Trinajstić information content (AvgIpc) is 2.55. The van der Waals surface area contributed by atoms with Crippen LogP contribution < -0.4 is 0 Å². The van der Waals surface area contributed by atoms with Gasteiger partial charge in [-0.05, 0) is 28.7 Å². The van der Waals surface area contributed by atoms with Gasteiger partial charge in [-0.1, -0.05) is 48.5 Å². The molecule has 3 rings (SSSR count). The minimum absolute atomic E-state index is 0.192. The maximum Gasteiger partial charge on any atom is 0.0366 e. The van der Waals surface area contributed by atoms with Crippen molar-refractivity contribution in [3.63, 3.8) is 0 Å². The molecule has 0 aromatic heterocycles. The van der Waals surface area contributed by atoms with E-state index < -0.39 is 0 Å². The molecule has 0 aliphatic heterocycles. The van der Waals surface area contributed by atoms with Crippen molar-refractivity contribution in [1.82, 2.24) is 0 Å². The number of hydrogen-bond donors (Lipinski definition) is 0. The van der Waals surface area contributed by atoms with Crippen LogP contribution in [0.2, 0.25) is 0 Å². The standard InChI is InChI=1S/C13H10/c1-3-7-12-10(5-1)9-11-6-2-4-8-13(11)12/h1-8H,9H2/i9T. The van der Waals surface area contributed by atoms with Crippen molar-refractivity contribution in [1.29, 1.82) is 0 Å². The zero-order valence-electron chi connectivity index (χ0n) is 8.20. The van der Waals surface area contributed by atoms with Crippen LogP contribution in [0.4, 0.5) is 0 Å². The summed E-state index contributed by atoms with van der Waals surface area (Å²) in [6.07, 6.45) is -0.192. The van der Waals surface area contributed by atoms with E-state index in [1.165, 1.54) is 11.1 Å². The number of fused-ring (bicyclic) bond motifs is 3. The molecule has 0 bridgehead atoms. The highest BCUT2D eigenvalue weighted by Gasteiger charge is 2.15. The molecule has 0 heterocycles. The fourth-order valence-electron chi connectivity index (χ4n) is 1.90. The zero-order valence-corrected chi connectivity index (χ0v) is 7.20. The summed E-state index contributed by atoms with van der Waals surface area (Å²) in [5.41, 5.74) is 4.72. The summed E-state index contributed by atoms with van der Waals surface area (Å²) in [5.74, 6) is 0. The fraction of sp³-hybridized carbons (Fsp3) is 0.0769. The van der Waals surface area contributed by atoms with E-state index in [4.69, 9.17) is 1.37 Å². The van der Waals surface area contributed by atoms with Gasteiger partial charge in [0.05, 0.1) is 0 Å². The average molecular weight is 168 g/mol. The van der Waals surface area contributed by atoms with E-state index in [2.05, 4.69) is 12.1 Å². The van der Waals surface area contributed by atoms with E-state index in [-0.39, 0.29) is 6.40 Å². The van der Waals surface area contributed by atoms with Gasteiger partial charge in [0.25, 0.3) is 0 Å². The maximum atomic E-state index is 8.10. The van der Waals surface area contributed by atoms with Gasteiger partial charge in [-0.3, -0.25) is 0 Å². The van der Waals surface area contributed by atoms with E-state index in [0.717, 1.165) is 11.1 Å². The molecule has 0 fully saturated rings. The third kappa shape index (κ3) is 0.919. The molecule has 0 unspecified atom stereocenters. The number of benzene rings is 2. The molecule has 13 heavy (non-hydrogen) atoms. The van der Waals surface area contributed by atoms with E-state index in [1.807, 2.05) is 36.4 Å². The van der Waals surface area contributed by atoms with Crippen molar-refractivity contribution in [3.8, 4) is 11.1 Å². The molecule has 1 aliphatic rings. The van der Waals surface area contributed by atoms with Crippen LogP contribution in [0, 0.1) is 0 Å². The Morgan fingerprint density at radius 2 is 1.23 bits per heavy atom. The van der Waals surface area contributed by atoms with Crippen molar-refractivity contribution in [2.24, 2.45) is 0 Å². The quantitative estimate of drug-likeness (QED) is 0.566. The molecule has 0 nitrogen and oxygen atoms in total. The van der Waals surface area contributed by atoms with Crippen LogP contribution in [0.25, 0.3) is 11.1 Å². The third-order valence-corrected chi connectivity index (χ3v) is 2.52. The predicted molar refractivity (Wildman–Crippen MR) is 54.7 cm³/mol. The summed E-state index contributed by atoms with van der Waals surface area (Å²) in [4.78, 5) is 0. The van der Waals surface area contributed by atoms with Crippen molar-refractivity contribution in [2.75, 3.05) is 0 Å². The Bertz CT molecular complexity index is 443. The van der Waals surface area contributed by atoms with Gasteiger partial charge in [0, 0.05) is 1.37 Å². The van der Waals surface area contributed by atoms with Crippen molar-refractivity contribution in [2.45, 2.75) is 6.40 Å². The normalized spacial score (nSPS) is 14.9. The summed E-state index contributed by atoms with van der Waals surface area (Å²) < 4.78 is 8.10. The van der Waals surface area contributed by atoms with Gasteiger partial charge in [0.1, 0.15) is 0 Å². The van der Waals surface area contributed by atoms with Crippen LogP contribution in [0.5, 0.6) is 0 Å². The van der Waals surface area contributed by atoms with Gasteiger partial charge in [-0.25, -0.2) is 0 Å². The van der Waals surface area contributed by atoms with Crippen LogP contribution in [-0.2, 0) is 6.40 Å². The first-order valence-electron chi connectivity index (χ1n) is 5.06. The molecule has 1 aliphatic carbocycles. The first kappa shape index (κ1) is 5.98. The molecule has 0 amide bonds. The molecule has 0 N–H and O–H groups in total. The number of rotatable bonds is 0. The Hall–Kier alpha value is -1.56. The zero-order chi connectivity index (χ0) is 9.54. The molecule has 0 radical (unpaired) electrons. The molecule has 0 heteroatoms. The molecule has 0 spiro atoms. The minimum Gasteiger partial charge on any atom is -0.0619 e. The van der Waals surface area contributed by atoms with Gasteiger partial charge in [-0.2, -0.15) is 0 Å². The van der Waals surface area contributed by atoms with E-state index in [0.29, 0.717) is 0 Å². The van der Waals surface area contributed by atoms with Crippen LogP contribution >= 0.6 is 0 Å². The molecule has 62 valence electrons. The second-order valence-electron chi connectivity index (χ2n) is 3.32. The lowest BCUT2D eigenvalue weighted by Gasteiger charge is -1.98. The smallest absolute Gasteiger partial charge is 0.0366 e. The Morgan fingerprint density at radius 1 is 0.769 bits per heavy atom. The lowest BCUT2D eigenvalue weighted by Crippen LogP contribution is -1.77. The summed E-state index contributed by atoms with van der Waals surface area (Å²) in [7, 11) is 0. The molecular weight excluding hydrogens is 156 g/mol. The van der Waals surface area contributed by atoms with Gasteiger partial charge in [0.15, 0.2) is 0 Å². The van der Waals surface area contributed by atoms with Crippen LogP contribution in [0.1, 0.15) is 12.5 Å². The molecular formula is C13H10. The lowest BCUT2D eigenvalue weighted by atomic mass is 10.1. The molecule has 0 saturated heterocycles. The second kappa shape index (κ2) is 2.46. The monoisotopic (exact) mass is 168 g/mol. The van der Waals surface area contributed by atoms with Crippen LogP contribution in [0.15, 0.2) is 48.5 Å². The molecule has 2 aromatic rings. The highest BCUT2D eigenvalue weighted by molar-refractivity contribution is 5.76. The Balaban J connectivity index is 2.36. The summed E-state index contributed by atoms with van der Waals surface area (Å²) >= 11 is 0. The second-order valence-corrected chi connectivity index (χ2v) is 3.32. The summed E-state index contributed by atoms with van der Waals surface area (Å²) in [5, 5.41) is 0. The fourth-order valence-corrected chi connectivity index (χ4v) is 1.90. The first-order valence-corrected chi connectivity index (χ1v) is 4.48. The molecule has 0 atom stereocenters. The lowest BCUT2D eigenvalue weighted by molar-refractivity contribution is 1.26. The molecule has 2 aromatic carbocycles. The topological polar surface area (TPSA) is 0 Å². The van der Waals surface area contributed by atoms with Gasteiger partial charge in [0.2, 0.25) is 0 Å². The van der Waals surface area contributed by atoms with Crippen molar-refractivity contribution in [3.05, 3.63) is 59.7 Å². The summed E-state index contributed by atoms with van der Waals surface area (Å²) in [6.45, 7) is 0. The highest BCUT2D eigenvalue weighted by atomic mass is 14.2. The Labute approximate surface area is 79.3 Å². The van der Waals surface area contributed by atoms with Crippen LogP contribution in [0.3, 0.4) is 0 Å². The van der Waals surface area contributed by atoms with E-state index >= 15 is 0 Å². The van der Waals surface area contributed by atoms with Gasteiger partial charge in [-0.15, -0.1) is 0 Å². The van der Waals surface area contributed by atoms with E-state index in [9.17, 15) is 0 Å². The van der Waals surface area contributed by atoms with Crippen molar-refractivity contribution >= 4 is 0 Å². The van der Waals surface area contributed by atoms with Crippen molar-refractivity contribution < 1.29 is 1.37 Å². The van der Waals surface area contributed by atoms with Gasteiger partial charge >= 0.3 is 0 Å². The molecule has 0 saturated carbocycles. The Kier molecular flexibility index (Phi) is 1.13.